The van der Waals surface area contributed by atoms with E-state index in [1.54, 1.807) is 11.8 Å². The quantitative estimate of drug-likeness (QED) is 0.563. The Balaban J connectivity index is 0.00000484. The van der Waals surface area contributed by atoms with E-state index >= 15 is 0 Å². The number of nitrogens with two attached hydrogens (primary N) is 1. The summed E-state index contributed by atoms with van der Waals surface area (Å²) in [5.41, 5.74) is 5.87. The molecule has 0 aliphatic heterocycles. The van der Waals surface area contributed by atoms with E-state index in [9.17, 15) is 4.79 Å². The van der Waals surface area contributed by atoms with Gasteiger partial charge in [-0.3, -0.25) is 4.79 Å². The van der Waals surface area contributed by atoms with Crippen LogP contribution in [0.4, 0.5) is 0 Å². The predicted octanol–water partition coefficient (Wildman–Crippen LogP) is 3.47. The highest BCUT2D eigenvalue weighted by Gasteiger charge is 2.18. The Morgan fingerprint density at radius 2 is 2.17 bits per heavy atom. The zero-order valence-corrected chi connectivity index (χ0v) is 16.8. The Morgan fingerprint density at radius 3 is 2.83 bits per heavy atom. The van der Waals surface area contributed by atoms with Gasteiger partial charge in [-0.05, 0) is 24.1 Å². The second-order valence-corrected chi connectivity index (χ2v) is 7.26. The van der Waals surface area contributed by atoms with Crippen LogP contribution in [0.1, 0.15) is 20.3 Å². The average Bonchev–Trinajstić information content (AvgIpc) is 2.52. The predicted molar refractivity (Wildman–Crippen MR) is 105 cm³/mol. The van der Waals surface area contributed by atoms with E-state index in [-0.39, 0.29) is 24.2 Å². The van der Waals surface area contributed by atoms with Crippen molar-refractivity contribution in [3.05, 3.63) is 28.7 Å². The number of carbonyl (C=O) groups is 1. The van der Waals surface area contributed by atoms with Crippen LogP contribution in [0.15, 0.2) is 28.7 Å². The fourth-order valence-electron chi connectivity index (χ4n) is 1.75. The molecule has 0 bridgehead atoms. The third kappa shape index (κ3) is 9.45. The molecule has 1 aromatic rings. The lowest BCUT2D eigenvalue weighted by Crippen LogP contribution is -2.45. The van der Waals surface area contributed by atoms with Crippen molar-refractivity contribution in [2.24, 2.45) is 11.7 Å². The fraction of sp³-hybridized carbons (Fsp3) is 0.562. The molecule has 4 nitrogen and oxygen atoms in total. The summed E-state index contributed by atoms with van der Waals surface area (Å²) in [5.74, 6) is 2.77. The number of ether oxygens (including phenoxy) is 1. The molecule has 132 valence electrons. The van der Waals surface area contributed by atoms with E-state index in [1.165, 1.54) is 0 Å². The average molecular weight is 426 g/mol. The topological polar surface area (TPSA) is 64.4 Å². The highest BCUT2D eigenvalue weighted by molar-refractivity contribution is 9.10. The number of halogens is 2. The molecule has 1 amide bonds. The molecule has 2 atom stereocenters. The summed E-state index contributed by atoms with van der Waals surface area (Å²) >= 11 is 5.16. The summed E-state index contributed by atoms with van der Waals surface area (Å²) in [7, 11) is 0. The number of nitrogens with one attached hydrogen (secondary N) is 1. The summed E-state index contributed by atoms with van der Waals surface area (Å²) in [6, 6.07) is 7.39. The van der Waals surface area contributed by atoms with E-state index in [4.69, 9.17) is 10.5 Å². The Hall–Kier alpha value is -0.430. The molecule has 2 unspecified atom stereocenters. The number of carbonyl (C=O) groups excluding carboxylic acids is 1. The maximum atomic E-state index is 11.8. The molecule has 1 aromatic carbocycles. The van der Waals surface area contributed by atoms with Gasteiger partial charge < -0.3 is 15.8 Å². The first-order valence-electron chi connectivity index (χ1n) is 7.54. The summed E-state index contributed by atoms with van der Waals surface area (Å²) in [6.45, 7) is 5.34. The number of hydrogen-bond acceptors (Lipinski definition) is 4. The van der Waals surface area contributed by atoms with Crippen molar-refractivity contribution in [1.29, 1.82) is 0 Å². The molecule has 0 aromatic heterocycles. The molecule has 0 saturated carbocycles. The van der Waals surface area contributed by atoms with Crippen molar-refractivity contribution in [3.8, 4) is 5.75 Å². The zero-order chi connectivity index (χ0) is 16.4. The van der Waals surface area contributed by atoms with Gasteiger partial charge in [0.05, 0.1) is 12.6 Å². The van der Waals surface area contributed by atoms with Crippen LogP contribution >= 0.6 is 40.1 Å². The van der Waals surface area contributed by atoms with Crippen LogP contribution in [0.25, 0.3) is 0 Å². The van der Waals surface area contributed by atoms with Gasteiger partial charge in [0.15, 0.2) is 0 Å². The van der Waals surface area contributed by atoms with Crippen LogP contribution < -0.4 is 15.8 Å². The molecule has 0 heterocycles. The minimum Gasteiger partial charge on any atom is -0.493 e. The van der Waals surface area contributed by atoms with Crippen molar-refractivity contribution < 1.29 is 9.53 Å². The largest absolute Gasteiger partial charge is 0.493 e. The van der Waals surface area contributed by atoms with Crippen LogP contribution in [-0.4, -0.2) is 36.6 Å². The minimum atomic E-state index is -0.408. The fourth-order valence-corrected chi connectivity index (χ4v) is 2.78. The Kier molecular flexibility index (Phi) is 12.7. The van der Waals surface area contributed by atoms with Crippen molar-refractivity contribution in [2.75, 3.05) is 24.7 Å². The molecular formula is C16H26BrClN2O2S. The van der Waals surface area contributed by atoms with Crippen LogP contribution in [0.2, 0.25) is 0 Å². The van der Waals surface area contributed by atoms with E-state index in [2.05, 4.69) is 21.2 Å². The molecule has 0 saturated heterocycles. The molecule has 0 radical (unpaired) electrons. The van der Waals surface area contributed by atoms with Gasteiger partial charge in [0, 0.05) is 22.5 Å². The van der Waals surface area contributed by atoms with Gasteiger partial charge in [0.25, 0.3) is 0 Å². The van der Waals surface area contributed by atoms with Gasteiger partial charge >= 0.3 is 0 Å². The Morgan fingerprint density at radius 1 is 1.43 bits per heavy atom. The number of rotatable bonds is 10. The monoisotopic (exact) mass is 424 g/mol. The first-order chi connectivity index (χ1) is 10.5. The smallest absolute Gasteiger partial charge is 0.237 e. The number of amides is 1. The van der Waals surface area contributed by atoms with E-state index in [1.807, 2.05) is 38.1 Å². The standard InChI is InChI=1S/C16H25BrN2O2S.ClH/c1-3-12(2)15(18)16(20)19-7-9-22-10-8-21-14-6-4-5-13(17)11-14;/h4-6,11-12,15H,3,7-10,18H2,1-2H3,(H,19,20);1H. The molecule has 3 N–H and O–H groups in total. The first kappa shape index (κ1) is 22.6. The molecule has 7 heteroatoms. The maximum absolute atomic E-state index is 11.8. The lowest BCUT2D eigenvalue weighted by molar-refractivity contribution is -0.123. The van der Waals surface area contributed by atoms with Gasteiger partial charge in [0.1, 0.15) is 5.75 Å². The van der Waals surface area contributed by atoms with Gasteiger partial charge in [0.2, 0.25) is 5.91 Å². The lowest BCUT2D eigenvalue weighted by Gasteiger charge is -2.17. The van der Waals surface area contributed by atoms with Crippen molar-refractivity contribution in [2.45, 2.75) is 26.3 Å². The highest BCUT2D eigenvalue weighted by atomic mass is 79.9. The van der Waals surface area contributed by atoms with Gasteiger partial charge in [-0.15, -0.1) is 12.4 Å². The summed E-state index contributed by atoms with van der Waals surface area (Å²) in [4.78, 5) is 11.8. The van der Waals surface area contributed by atoms with Crippen LogP contribution in [0, 0.1) is 5.92 Å². The van der Waals surface area contributed by atoms with Crippen molar-refractivity contribution in [1.82, 2.24) is 5.32 Å². The zero-order valence-electron chi connectivity index (χ0n) is 13.6. The van der Waals surface area contributed by atoms with E-state index in [0.29, 0.717) is 13.2 Å². The molecule has 23 heavy (non-hydrogen) atoms. The van der Waals surface area contributed by atoms with Gasteiger partial charge in [-0.2, -0.15) is 11.8 Å². The third-order valence-electron chi connectivity index (χ3n) is 3.40. The summed E-state index contributed by atoms with van der Waals surface area (Å²) in [6.07, 6.45) is 0.913. The van der Waals surface area contributed by atoms with E-state index in [0.717, 1.165) is 28.1 Å². The molecular weight excluding hydrogens is 400 g/mol. The molecule has 0 aliphatic carbocycles. The number of hydrogen-bond donors (Lipinski definition) is 2. The third-order valence-corrected chi connectivity index (χ3v) is 4.84. The molecule has 0 aliphatic rings. The SMILES string of the molecule is CCC(C)C(N)C(=O)NCCSCCOc1cccc(Br)c1.Cl. The summed E-state index contributed by atoms with van der Waals surface area (Å²) in [5, 5.41) is 2.88. The summed E-state index contributed by atoms with van der Waals surface area (Å²) < 4.78 is 6.65. The minimum absolute atomic E-state index is 0. The highest BCUT2D eigenvalue weighted by Crippen LogP contribution is 2.17. The normalized spacial score (nSPS) is 12.9. The van der Waals surface area contributed by atoms with E-state index < -0.39 is 6.04 Å². The van der Waals surface area contributed by atoms with Crippen molar-refractivity contribution >= 4 is 46.0 Å². The van der Waals surface area contributed by atoms with Crippen molar-refractivity contribution in [3.63, 3.8) is 0 Å². The molecule has 1 rings (SSSR count). The van der Waals surface area contributed by atoms with Gasteiger partial charge in [-0.25, -0.2) is 0 Å². The number of thioether (sulfide) groups is 1. The molecule has 0 fully saturated rings. The van der Waals surface area contributed by atoms with Crippen LogP contribution in [0.5, 0.6) is 5.75 Å². The first-order valence-corrected chi connectivity index (χ1v) is 9.48. The Labute approximate surface area is 157 Å². The number of benzene rings is 1. The van der Waals surface area contributed by atoms with Crippen LogP contribution in [-0.2, 0) is 4.79 Å². The van der Waals surface area contributed by atoms with Crippen LogP contribution in [0.3, 0.4) is 0 Å². The maximum Gasteiger partial charge on any atom is 0.237 e. The second-order valence-electron chi connectivity index (χ2n) is 5.12. The van der Waals surface area contributed by atoms with Gasteiger partial charge in [-0.1, -0.05) is 42.3 Å². The second kappa shape index (κ2) is 12.9. The Bertz CT molecular complexity index is 465. The molecule has 0 spiro atoms. The lowest BCUT2D eigenvalue weighted by atomic mass is 9.99.